The van der Waals surface area contributed by atoms with Gasteiger partial charge >= 0.3 is 0 Å². The molecule has 0 aromatic heterocycles. The molecular formula is C14H28N2. The first-order valence-corrected chi connectivity index (χ1v) is 6.84. The molecular weight excluding hydrogens is 196 g/mol. The SMILES string of the molecule is CC1CCC(C)N1N1C(C)(C)CCC1(C)C. The zero-order valence-electron chi connectivity index (χ0n) is 11.9. The van der Waals surface area contributed by atoms with Gasteiger partial charge in [0.05, 0.1) is 0 Å². The van der Waals surface area contributed by atoms with Crippen molar-refractivity contribution in [3.63, 3.8) is 0 Å². The Balaban J connectivity index is 2.30. The van der Waals surface area contributed by atoms with Gasteiger partial charge in [0.2, 0.25) is 0 Å². The summed E-state index contributed by atoms with van der Waals surface area (Å²) >= 11 is 0. The summed E-state index contributed by atoms with van der Waals surface area (Å²) in [5, 5.41) is 5.37. The second-order valence-electron chi connectivity index (χ2n) is 7.09. The van der Waals surface area contributed by atoms with Crippen LogP contribution in [0.4, 0.5) is 0 Å². The molecule has 2 nitrogen and oxygen atoms in total. The lowest BCUT2D eigenvalue weighted by Gasteiger charge is -2.49. The maximum atomic E-state index is 2.70. The number of nitrogens with zero attached hydrogens (tertiary/aromatic N) is 2. The van der Waals surface area contributed by atoms with E-state index in [0.717, 1.165) is 0 Å². The Morgan fingerprint density at radius 1 is 0.812 bits per heavy atom. The second kappa shape index (κ2) is 3.71. The molecule has 2 saturated heterocycles. The fourth-order valence-electron chi connectivity index (χ4n) is 3.84. The predicted molar refractivity (Wildman–Crippen MR) is 69.2 cm³/mol. The van der Waals surface area contributed by atoms with Crippen LogP contribution in [0.15, 0.2) is 0 Å². The van der Waals surface area contributed by atoms with Gasteiger partial charge in [-0.1, -0.05) is 0 Å². The lowest BCUT2D eigenvalue weighted by Crippen LogP contribution is -2.60. The summed E-state index contributed by atoms with van der Waals surface area (Å²) < 4.78 is 0. The zero-order valence-corrected chi connectivity index (χ0v) is 11.9. The highest BCUT2D eigenvalue weighted by Crippen LogP contribution is 2.44. The molecule has 0 aliphatic carbocycles. The van der Waals surface area contributed by atoms with E-state index in [1.807, 2.05) is 0 Å². The normalized spacial score (nSPS) is 39.4. The molecule has 2 rings (SSSR count). The molecule has 2 heteroatoms. The highest BCUT2D eigenvalue weighted by Gasteiger charge is 2.50. The minimum atomic E-state index is 0.330. The van der Waals surface area contributed by atoms with Crippen LogP contribution in [0, 0.1) is 0 Å². The van der Waals surface area contributed by atoms with Crippen molar-refractivity contribution in [2.75, 3.05) is 0 Å². The Labute approximate surface area is 101 Å². The molecule has 0 saturated carbocycles. The van der Waals surface area contributed by atoms with Gasteiger partial charge < -0.3 is 0 Å². The summed E-state index contributed by atoms with van der Waals surface area (Å²) in [6.07, 6.45) is 5.33. The van der Waals surface area contributed by atoms with Crippen molar-refractivity contribution >= 4 is 0 Å². The van der Waals surface area contributed by atoms with Gasteiger partial charge in [0, 0.05) is 23.2 Å². The fourth-order valence-corrected chi connectivity index (χ4v) is 3.84. The van der Waals surface area contributed by atoms with Crippen molar-refractivity contribution in [2.45, 2.75) is 90.4 Å². The second-order valence-corrected chi connectivity index (χ2v) is 7.09. The van der Waals surface area contributed by atoms with Crippen LogP contribution >= 0.6 is 0 Å². The molecule has 2 aliphatic rings. The zero-order chi connectivity index (χ0) is 12.1. The van der Waals surface area contributed by atoms with Crippen LogP contribution in [0.1, 0.15) is 67.2 Å². The van der Waals surface area contributed by atoms with Crippen molar-refractivity contribution in [1.82, 2.24) is 10.0 Å². The van der Waals surface area contributed by atoms with E-state index in [9.17, 15) is 0 Å². The Bertz CT molecular complexity index is 244. The first-order chi connectivity index (χ1) is 7.26. The molecule has 0 bridgehead atoms. The molecule has 2 unspecified atom stereocenters. The van der Waals surface area contributed by atoms with Crippen molar-refractivity contribution in [2.24, 2.45) is 0 Å². The monoisotopic (exact) mass is 224 g/mol. The first-order valence-electron chi connectivity index (χ1n) is 6.84. The van der Waals surface area contributed by atoms with Crippen molar-refractivity contribution in [3.8, 4) is 0 Å². The number of hydrogen-bond acceptors (Lipinski definition) is 2. The van der Waals surface area contributed by atoms with Crippen LogP contribution in [0.25, 0.3) is 0 Å². The van der Waals surface area contributed by atoms with Crippen LogP contribution in [0.2, 0.25) is 0 Å². The van der Waals surface area contributed by atoms with E-state index in [1.54, 1.807) is 0 Å². The van der Waals surface area contributed by atoms with Gasteiger partial charge in [0.25, 0.3) is 0 Å². The molecule has 2 fully saturated rings. The molecule has 0 aromatic carbocycles. The van der Waals surface area contributed by atoms with E-state index in [-0.39, 0.29) is 0 Å². The Morgan fingerprint density at radius 3 is 1.56 bits per heavy atom. The standard InChI is InChI=1S/C14H28N2/c1-11-7-8-12(2)15(11)16-13(3,4)9-10-14(16,5)6/h11-12H,7-10H2,1-6H3. The van der Waals surface area contributed by atoms with E-state index in [1.165, 1.54) is 25.7 Å². The minimum Gasteiger partial charge on any atom is -0.235 e. The molecule has 2 heterocycles. The van der Waals surface area contributed by atoms with E-state index >= 15 is 0 Å². The third-order valence-electron chi connectivity index (χ3n) is 4.63. The van der Waals surface area contributed by atoms with Crippen LogP contribution in [-0.4, -0.2) is 33.2 Å². The largest absolute Gasteiger partial charge is 0.235 e. The molecule has 0 spiro atoms. The average Bonchev–Trinajstić information content (AvgIpc) is 2.55. The Kier molecular flexibility index (Phi) is 2.87. The molecule has 94 valence electrons. The van der Waals surface area contributed by atoms with Crippen molar-refractivity contribution < 1.29 is 0 Å². The quantitative estimate of drug-likeness (QED) is 0.673. The molecule has 2 aliphatic heterocycles. The Hall–Kier alpha value is -0.0800. The van der Waals surface area contributed by atoms with Gasteiger partial charge in [-0.2, -0.15) is 0 Å². The van der Waals surface area contributed by atoms with E-state index in [0.29, 0.717) is 23.2 Å². The van der Waals surface area contributed by atoms with Gasteiger partial charge in [0.15, 0.2) is 0 Å². The summed E-state index contributed by atoms with van der Waals surface area (Å²) in [5.74, 6) is 0. The van der Waals surface area contributed by atoms with Crippen molar-refractivity contribution in [3.05, 3.63) is 0 Å². The smallest absolute Gasteiger partial charge is 0.0307 e. The predicted octanol–water partition coefficient (Wildman–Crippen LogP) is 3.43. The van der Waals surface area contributed by atoms with Crippen LogP contribution < -0.4 is 0 Å². The van der Waals surface area contributed by atoms with Crippen LogP contribution in [-0.2, 0) is 0 Å². The number of hydrazine groups is 1. The van der Waals surface area contributed by atoms with E-state index in [4.69, 9.17) is 0 Å². The molecule has 0 amide bonds. The average molecular weight is 224 g/mol. The third-order valence-corrected chi connectivity index (χ3v) is 4.63. The minimum absolute atomic E-state index is 0.330. The highest BCUT2D eigenvalue weighted by molar-refractivity contribution is 5.01. The maximum Gasteiger partial charge on any atom is 0.0307 e. The topological polar surface area (TPSA) is 6.48 Å². The van der Waals surface area contributed by atoms with Gasteiger partial charge in [-0.25, -0.2) is 10.0 Å². The summed E-state index contributed by atoms with van der Waals surface area (Å²) in [5.41, 5.74) is 0.659. The van der Waals surface area contributed by atoms with E-state index in [2.05, 4.69) is 51.6 Å². The maximum absolute atomic E-state index is 2.70. The van der Waals surface area contributed by atoms with Gasteiger partial charge in [0.1, 0.15) is 0 Å². The van der Waals surface area contributed by atoms with Crippen molar-refractivity contribution in [1.29, 1.82) is 0 Å². The van der Waals surface area contributed by atoms with Crippen LogP contribution in [0.3, 0.4) is 0 Å². The van der Waals surface area contributed by atoms with E-state index < -0.39 is 0 Å². The lowest BCUT2D eigenvalue weighted by atomic mass is 10.0. The summed E-state index contributed by atoms with van der Waals surface area (Å²) in [6.45, 7) is 14.4. The summed E-state index contributed by atoms with van der Waals surface area (Å²) in [4.78, 5) is 0. The van der Waals surface area contributed by atoms with Gasteiger partial charge in [-0.05, 0) is 67.2 Å². The van der Waals surface area contributed by atoms with Gasteiger partial charge in [-0.3, -0.25) is 0 Å². The third kappa shape index (κ3) is 1.80. The fraction of sp³-hybridized carbons (Fsp3) is 1.00. The molecule has 0 N–H and O–H groups in total. The number of hydrogen-bond donors (Lipinski definition) is 0. The molecule has 0 aromatic rings. The highest BCUT2D eigenvalue weighted by atomic mass is 15.7. The Morgan fingerprint density at radius 2 is 1.19 bits per heavy atom. The molecule has 2 atom stereocenters. The molecule has 16 heavy (non-hydrogen) atoms. The number of rotatable bonds is 1. The van der Waals surface area contributed by atoms with Crippen LogP contribution in [0.5, 0.6) is 0 Å². The first kappa shape index (κ1) is 12.4. The summed E-state index contributed by atoms with van der Waals surface area (Å²) in [6, 6.07) is 1.43. The summed E-state index contributed by atoms with van der Waals surface area (Å²) in [7, 11) is 0. The lowest BCUT2D eigenvalue weighted by molar-refractivity contribution is -0.150. The molecule has 0 radical (unpaired) electrons. The van der Waals surface area contributed by atoms with Gasteiger partial charge in [-0.15, -0.1) is 0 Å².